The summed E-state index contributed by atoms with van der Waals surface area (Å²) < 4.78 is 5.52. The summed E-state index contributed by atoms with van der Waals surface area (Å²) in [6.45, 7) is 7.25. The standard InChI is InChI=1S/C26H34N4O2/c1-18(31)27-25-5-3-2-4-24(25)26-7-6-23(28-29-26)14-20-12-21-16-30(17-22(21)13-20)15-19-8-10-32-11-9-19/h2-7,19-22H,8-17H2,1H3,(H,27,31)/t20?,21-,22+. The van der Waals surface area contributed by atoms with Crippen LogP contribution in [-0.2, 0) is 16.0 Å². The van der Waals surface area contributed by atoms with Crippen molar-refractivity contribution in [1.82, 2.24) is 15.1 Å². The Morgan fingerprint density at radius 2 is 1.78 bits per heavy atom. The Hall–Kier alpha value is -2.31. The van der Waals surface area contributed by atoms with Gasteiger partial charge in [0, 0.05) is 45.3 Å². The van der Waals surface area contributed by atoms with E-state index >= 15 is 0 Å². The topological polar surface area (TPSA) is 67.4 Å². The summed E-state index contributed by atoms with van der Waals surface area (Å²) in [7, 11) is 0. The molecular formula is C26H34N4O2. The Bertz CT molecular complexity index is 912. The van der Waals surface area contributed by atoms with E-state index in [9.17, 15) is 4.79 Å². The number of benzene rings is 1. The molecule has 6 heteroatoms. The summed E-state index contributed by atoms with van der Waals surface area (Å²) >= 11 is 0. The van der Waals surface area contributed by atoms with Crippen molar-refractivity contribution in [2.24, 2.45) is 23.7 Å². The van der Waals surface area contributed by atoms with Crippen molar-refractivity contribution < 1.29 is 9.53 Å². The van der Waals surface area contributed by atoms with Crippen molar-refractivity contribution in [3.63, 3.8) is 0 Å². The van der Waals surface area contributed by atoms with E-state index in [1.54, 1.807) is 0 Å². The van der Waals surface area contributed by atoms with E-state index in [-0.39, 0.29) is 5.91 Å². The molecule has 1 N–H and O–H groups in total. The minimum atomic E-state index is -0.0832. The van der Waals surface area contributed by atoms with Crippen molar-refractivity contribution in [2.45, 2.75) is 39.0 Å². The first-order valence-corrected chi connectivity index (χ1v) is 12.1. The van der Waals surface area contributed by atoms with Crippen LogP contribution in [-0.4, -0.2) is 53.9 Å². The number of aromatic nitrogens is 2. The number of amides is 1. The van der Waals surface area contributed by atoms with Crippen LogP contribution in [0.4, 0.5) is 5.69 Å². The number of rotatable bonds is 6. The van der Waals surface area contributed by atoms with Crippen LogP contribution in [0.3, 0.4) is 0 Å². The van der Waals surface area contributed by atoms with Gasteiger partial charge >= 0.3 is 0 Å². The van der Waals surface area contributed by atoms with Gasteiger partial charge in [0.15, 0.2) is 0 Å². The largest absolute Gasteiger partial charge is 0.381 e. The summed E-state index contributed by atoms with van der Waals surface area (Å²) in [6.07, 6.45) is 6.14. The zero-order chi connectivity index (χ0) is 21.9. The summed E-state index contributed by atoms with van der Waals surface area (Å²) in [5.74, 6) is 3.19. The molecule has 3 atom stereocenters. The fourth-order valence-corrected chi connectivity index (χ4v) is 6.05. The second kappa shape index (κ2) is 9.67. The van der Waals surface area contributed by atoms with Crippen LogP contribution in [0, 0.1) is 23.7 Å². The predicted molar refractivity (Wildman–Crippen MR) is 125 cm³/mol. The van der Waals surface area contributed by atoms with E-state index in [0.717, 1.165) is 65.9 Å². The summed E-state index contributed by atoms with van der Waals surface area (Å²) in [4.78, 5) is 14.2. The minimum absolute atomic E-state index is 0.0832. The third kappa shape index (κ3) is 5.02. The number of nitrogens with one attached hydrogen (secondary N) is 1. The molecule has 1 amide bonds. The smallest absolute Gasteiger partial charge is 0.221 e. The van der Waals surface area contributed by atoms with Gasteiger partial charge in [0.25, 0.3) is 0 Å². The lowest BCUT2D eigenvalue weighted by Gasteiger charge is -2.27. The molecule has 3 aliphatic rings. The van der Waals surface area contributed by atoms with E-state index in [4.69, 9.17) is 4.74 Å². The third-order valence-electron chi connectivity index (χ3n) is 7.51. The molecule has 1 unspecified atom stereocenters. The van der Waals surface area contributed by atoms with Crippen LogP contribution < -0.4 is 5.32 Å². The first-order chi connectivity index (χ1) is 15.6. The molecular weight excluding hydrogens is 400 g/mol. The lowest BCUT2D eigenvalue weighted by molar-refractivity contribution is -0.114. The Balaban J connectivity index is 1.15. The van der Waals surface area contributed by atoms with Gasteiger partial charge in [-0.3, -0.25) is 4.79 Å². The Morgan fingerprint density at radius 3 is 2.47 bits per heavy atom. The van der Waals surface area contributed by atoms with E-state index in [2.05, 4.69) is 26.5 Å². The molecule has 2 aliphatic heterocycles. The van der Waals surface area contributed by atoms with Gasteiger partial charge in [-0.1, -0.05) is 18.2 Å². The number of hydrogen-bond acceptors (Lipinski definition) is 5. The number of nitrogens with zero attached hydrogens (tertiary/aromatic N) is 3. The van der Waals surface area contributed by atoms with Crippen LogP contribution in [0.2, 0.25) is 0 Å². The van der Waals surface area contributed by atoms with Crippen molar-refractivity contribution >= 4 is 11.6 Å². The third-order valence-corrected chi connectivity index (χ3v) is 7.51. The maximum Gasteiger partial charge on any atom is 0.221 e. The Labute approximate surface area is 190 Å². The van der Waals surface area contributed by atoms with Gasteiger partial charge in [0.1, 0.15) is 0 Å². The molecule has 1 aromatic carbocycles. The molecule has 6 nitrogen and oxygen atoms in total. The summed E-state index contributed by atoms with van der Waals surface area (Å²) in [5.41, 5.74) is 3.55. The molecule has 1 saturated carbocycles. The second-order valence-electron chi connectivity index (χ2n) is 9.97. The zero-order valence-corrected chi connectivity index (χ0v) is 19.0. The van der Waals surface area contributed by atoms with E-state index in [1.165, 1.54) is 52.2 Å². The van der Waals surface area contributed by atoms with E-state index in [0.29, 0.717) is 0 Å². The van der Waals surface area contributed by atoms with Gasteiger partial charge < -0.3 is 15.0 Å². The Kier molecular flexibility index (Phi) is 6.51. The highest BCUT2D eigenvalue weighted by Gasteiger charge is 2.41. The molecule has 0 spiro atoms. The molecule has 1 aliphatic carbocycles. The lowest BCUT2D eigenvalue weighted by Crippen LogP contribution is -2.31. The molecule has 0 bridgehead atoms. The fourth-order valence-electron chi connectivity index (χ4n) is 6.05. The van der Waals surface area contributed by atoms with Gasteiger partial charge in [-0.25, -0.2) is 0 Å². The molecule has 2 saturated heterocycles. The number of carbonyl (C=O) groups is 1. The maximum absolute atomic E-state index is 11.5. The molecule has 2 aromatic rings. The van der Waals surface area contributed by atoms with Gasteiger partial charge in [0.05, 0.1) is 17.1 Å². The fraction of sp³-hybridized carbons (Fsp3) is 0.577. The van der Waals surface area contributed by atoms with Gasteiger partial charge in [0.2, 0.25) is 5.91 Å². The predicted octanol–water partition coefficient (Wildman–Crippen LogP) is 4.03. The van der Waals surface area contributed by atoms with Crippen molar-refractivity contribution in [3.8, 4) is 11.3 Å². The first kappa shape index (κ1) is 21.5. The number of fused-ring (bicyclic) bond motifs is 1. The number of anilines is 1. The van der Waals surface area contributed by atoms with Crippen molar-refractivity contribution in [3.05, 3.63) is 42.1 Å². The zero-order valence-electron chi connectivity index (χ0n) is 19.0. The average Bonchev–Trinajstić information content (AvgIpc) is 3.33. The van der Waals surface area contributed by atoms with Gasteiger partial charge in [-0.2, -0.15) is 10.2 Å². The van der Waals surface area contributed by atoms with Crippen LogP contribution in [0.1, 0.15) is 38.3 Å². The first-order valence-electron chi connectivity index (χ1n) is 12.1. The molecule has 5 rings (SSSR count). The van der Waals surface area contributed by atoms with Crippen LogP contribution in [0.25, 0.3) is 11.3 Å². The van der Waals surface area contributed by atoms with Gasteiger partial charge in [-0.05, 0) is 74.0 Å². The van der Waals surface area contributed by atoms with Gasteiger partial charge in [-0.15, -0.1) is 0 Å². The van der Waals surface area contributed by atoms with Crippen LogP contribution in [0.15, 0.2) is 36.4 Å². The van der Waals surface area contributed by atoms with Crippen LogP contribution in [0.5, 0.6) is 0 Å². The minimum Gasteiger partial charge on any atom is -0.381 e. The normalized spacial score (nSPS) is 26.2. The highest BCUT2D eigenvalue weighted by Crippen LogP contribution is 2.43. The molecule has 3 heterocycles. The molecule has 32 heavy (non-hydrogen) atoms. The SMILES string of the molecule is CC(=O)Nc1ccccc1-c1ccc(CC2C[C@@H]3CN(CC4CCOCC4)C[C@@H]3C2)nn1. The molecule has 170 valence electrons. The summed E-state index contributed by atoms with van der Waals surface area (Å²) in [5, 5.41) is 11.9. The lowest BCUT2D eigenvalue weighted by atomic mass is 9.98. The quantitative estimate of drug-likeness (QED) is 0.744. The number of para-hydroxylation sites is 1. The molecule has 0 radical (unpaired) electrons. The molecule has 3 fully saturated rings. The van der Waals surface area contributed by atoms with Crippen molar-refractivity contribution in [2.75, 3.05) is 38.2 Å². The second-order valence-corrected chi connectivity index (χ2v) is 9.97. The van der Waals surface area contributed by atoms with Crippen molar-refractivity contribution in [1.29, 1.82) is 0 Å². The van der Waals surface area contributed by atoms with E-state index in [1.807, 2.05) is 30.3 Å². The number of likely N-dealkylation sites (tertiary alicyclic amines) is 1. The van der Waals surface area contributed by atoms with Crippen LogP contribution >= 0.6 is 0 Å². The highest BCUT2D eigenvalue weighted by molar-refractivity contribution is 5.93. The van der Waals surface area contributed by atoms with E-state index < -0.39 is 0 Å². The number of carbonyl (C=O) groups excluding carboxylic acids is 1. The number of hydrogen-bond donors (Lipinski definition) is 1. The Morgan fingerprint density at radius 1 is 1.03 bits per heavy atom. The highest BCUT2D eigenvalue weighted by atomic mass is 16.5. The monoisotopic (exact) mass is 434 g/mol. The molecule has 1 aromatic heterocycles. The summed E-state index contributed by atoms with van der Waals surface area (Å²) in [6, 6.07) is 11.9. The average molecular weight is 435 g/mol. The maximum atomic E-state index is 11.5. The number of ether oxygens (including phenoxy) is 1.